The Morgan fingerprint density at radius 1 is 1.06 bits per heavy atom. The lowest BCUT2D eigenvalue weighted by Crippen LogP contribution is -2.49. The van der Waals surface area contributed by atoms with Crippen LogP contribution in [0.5, 0.6) is 0 Å². The number of aromatic amines is 1. The standard InChI is InChI=1S/C25H30N4O3/c1-15-10-16(2)24(17(3)11-15)28-23(31)14-29(5)25(32)22(27-18(4)30)12-19-13-26-21-9-7-6-8-20(19)21/h6-11,13,22,26H,12,14H2,1-5H3,(H,27,30)(H,28,31). The molecule has 168 valence electrons. The topological polar surface area (TPSA) is 94.3 Å². The molecule has 0 radical (unpaired) electrons. The summed E-state index contributed by atoms with van der Waals surface area (Å²) in [6.07, 6.45) is 2.17. The average Bonchev–Trinajstić information content (AvgIpc) is 3.12. The fourth-order valence-electron chi connectivity index (χ4n) is 4.08. The summed E-state index contributed by atoms with van der Waals surface area (Å²) in [4.78, 5) is 42.1. The van der Waals surface area contributed by atoms with Gasteiger partial charge in [-0.05, 0) is 43.5 Å². The molecule has 2 aromatic carbocycles. The lowest BCUT2D eigenvalue weighted by atomic mass is 10.0. The average molecular weight is 435 g/mol. The number of rotatable bonds is 7. The summed E-state index contributed by atoms with van der Waals surface area (Å²) < 4.78 is 0. The van der Waals surface area contributed by atoms with Gasteiger partial charge in [-0.2, -0.15) is 0 Å². The first-order chi connectivity index (χ1) is 15.2. The van der Waals surface area contributed by atoms with Crippen molar-refractivity contribution in [3.63, 3.8) is 0 Å². The van der Waals surface area contributed by atoms with Crippen molar-refractivity contribution in [2.24, 2.45) is 0 Å². The number of H-pyrrole nitrogens is 1. The highest BCUT2D eigenvalue weighted by molar-refractivity contribution is 5.97. The molecule has 0 saturated heterocycles. The fraction of sp³-hybridized carbons (Fsp3) is 0.320. The Bertz CT molecular complexity index is 1140. The number of amides is 3. The minimum atomic E-state index is -0.771. The maximum atomic E-state index is 13.1. The van der Waals surface area contributed by atoms with E-state index in [2.05, 4.69) is 15.6 Å². The van der Waals surface area contributed by atoms with Gasteiger partial charge in [0.15, 0.2) is 0 Å². The van der Waals surface area contributed by atoms with E-state index in [1.165, 1.54) is 11.8 Å². The highest BCUT2D eigenvalue weighted by Gasteiger charge is 2.26. The Balaban J connectivity index is 1.72. The van der Waals surface area contributed by atoms with Gasteiger partial charge in [-0.3, -0.25) is 14.4 Å². The number of carbonyl (C=O) groups excluding carboxylic acids is 3. The van der Waals surface area contributed by atoms with Gasteiger partial charge in [0.2, 0.25) is 17.7 Å². The van der Waals surface area contributed by atoms with Crippen molar-refractivity contribution in [1.82, 2.24) is 15.2 Å². The Labute approximate surface area is 188 Å². The monoisotopic (exact) mass is 434 g/mol. The van der Waals surface area contributed by atoms with Crippen LogP contribution >= 0.6 is 0 Å². The lowest BCUT2D eigenvalue weighted by molar-refractivity contribution is -0.137. The zero-order valence-electron chi connectivity index (χ0n) is 19.2. The molecule has 0 fully saturated rings. The quantitative estimate of drug-likeness (QED) is 0.533. The van der Waals surface area contributed by atoms with Gasteiger partial charge in [-0.15, -0.1) is 0 Å². The predicted molar refractivity (Wildman–Crippen MR) is 127 cm³/mol. The summed E-state index contributed by atoms with van der Waals surface area (Å²) in [5, 5.41) is 6.65. The third-order valence-corrected chi connectivity index (χ3v) is 5.47. The third-order valence-electron chi connectivity index (χ3n) is 5.47. The van der Waals surface area contributed by atoms with Gasteiger partial charge in [0.25, 0.3) is 0 Å². The molecule has 7 heteroatoms. The van der Waals surface area contributed by atoms with E-state index in [0.717, 1.165) is 38.8 Å². The van der Waals surface area contributed by atoms with Crippen LogP contribution in [0.3, 0.4) is 0 Å². The predicted octanol–water partition coefficient (Wildman–Crippen LogP) is 3.24. The van der Waals surface area contributed by atoms with Crippen LogP contribution in [-0.2, 0) is 20.8 Å². The summed E-state index contributed by atoms with van der Waals surface area (Å²) >= 11 is 0. The second kappa shape index (κ2) is 9.68. The molecule has 3 rings (SSSR count). The van der Waals surface area contributed by atoms with E-state index >= 15 is 0 Å². The van der Waals surface area contributed by atoms with E-state index in [1.807, 2.05) is 63.4 Å². The van der Waals surface area contributed by atoms with Gasteiger partial charge in [0.1, 0.15) is 6.04 Å². The Morgan fingerprint density at radius 3 is 2.38 bits per heavy atom. The summed E-state index contributed by atoms with van der Waals surface area (Å²) in [5.41, 5.74) is 5.73. The van der Waals surface area contributed by atoms with Crippen molar-refractivity contribution in [3.05, 3.63) is 64.8 Å². The van der Waals surface area contributed by atoms with Crippen molar-refractivity contribution in [1.29, 1.82) is 0 Å². The molecule has 0 bridgehead atoms. The number of nitrogens with zero attached hydrogens (tertiary/aromatic N) is 1. The number of aromatic nitrogens is 1. The molecule has 1 heterocycles. The summed E-state index contributed by atoms with van der Waals surface area (Å²) in [7, 11) is 1.57. The number of benzene rings is 2. The first kappa shape index (κ1) is 23.1. The number of hydrogen-bond donors (Lipinski definition) is 3. The molecular formula is C25H30N4O3. The van der Waals surface area contributed by atoms with Crippen molar-refractivity contribution in [2.75, 3.05) is 18.9 Å². The maximum Gasteiger partial charge on any atom is 0.245 e. The molecule has 0 saturated carbocycles. The van der Waals surface area contributed by atoms with Gasteiger partial charge in [-0.25, -0.2) is 0 Å². The molecule has 3 amide bonds. The van der Waals surface area contributed by atoms with Crippen LogP contribution in [0.25, 0.3) is 10.9 Å². The number of para-hydroxylation sites is 1. The normalized spacial score (nSPS) is 11.8. The molecule has 0 spiro atoms. The molecule has 3 aromatic rings. The van der Waals surface area contributed by atoms with E-state index in [4.69, 9.17) is 0 Å². The van der Waals surface area contributed by atoms with Crippen molar-refractivity contribution < 1.29 is 14.4 Å². The van der Waals surface area contributed by atoms with E-state index in [1.54, 1.807) is 7.05 Å². The first-order valence-corrected chi connectivity index (χ1v) is 10.6. The van der Waals surface area contributed by atoms with Crippen LogP contribution in [-0.4, -0.2) is 47.2 Å². The second-order valence-electron chi connectivity index (χ2n) is 8.33. The van der Waals surface area contributed by atoms with Crippen molar-refractivity contribution >= 4 is 34.3 Å². The highest BCUT2D eigenvalue weighted by Crippen LogP contribution is 2.22. The number of hydrogen-bond acceptors (Lipinski definition) is 3. The molecule has 0 aliphatic heterocycles. The fourth-order valence-corrected chi connectivity index (χ4v) is 4.08. The van der Waals surface area contributed by atoms with Crippen LogP contribution in [0.1, 0.15) is 29.2 Å². The van der Waals surface area contributed by atoms with Gasteiger partial charge in [-0.1, -0.05) is 35.9 Å². The van der Waals surface area contributed by atoms with E-state index in [-0.39, 0.29) is 24.3 Å². The number of nitrogens with one attached hydrogen (secondary N) is 3. The second-order valence-corrected chi connectivity index (χ2v) is 8.33. The van der Waals surface area contributed by atoms with Crippen LogP contribution in [0.15, 0.2) is 42.6 Å². The molecule has 7 nitrogen and oxygen atoms in total. The number of aryl methyl sites for hydroxylation is 3. The largest absolute Gasteiger partial charge is 0.361 e. The summed E-state index contributed by atoms with van der Waals surface area (Å²) in [5.74, 6) is -0.908. The molecular weight excluding hydrogens is 404 g/mol. The minimum absolute atomic E-state index is 0.116. The first-order valence-electron chi connectivity index (χ1n) is 10.6. The van der Waals surface area contributed by atoms with Gasteiger partial charge < -0.3 is 20.5 Å². The summed E-state index contributed by atoms with van der Waals surface area (Å²) in [6.45, 7) is 7.16. The Kier molecular flexibility index (Phi) is 6.98. The molecule has 0 aliphatic carbocycles. The number of anilines is 1. The summed E-state index contributed by atoms with van der Waals surface area (Å²) in [6, 6.07) is 11.0. The van der Waals surface area contributed by atoms with Crippen molar-refractivity contribution in [3.8, 4) is 0 Å². The van der Waals surface area contributed by atoms with Crippen LogP contribution in [0.2, 0.25) is 0 Å². The van der Waals surface area contributed by atoms with E-state index in [9.17, 15) is 14.4 Å². The molecule has 1 atom stereocenters. The molecule has 0 aliphatic rings. The molecule has 1 aromatic heterocycles. The zero-order chi connectivity index (χ0) is 23.4. The van der Waals surface area contributed by atoms with Crippen LogP contribution in [0, 0.1) is 20.8 Å². The van der Waals surface area contributed by atoms with Crippen molar-refractivity contribution in [2.45, 2.75) is 40.2 Å². The van der Waals surface area contributed by atoms with Gasteiger partial charge >= 0.3 is 0 Å². The highest BCUT2D eigenvalue weighted by atomic mass is 16.2. The van der Waals surface area contributed by atoms with Crippen LogP contribution < -0.4 is 10.6 Å². The van der Waals surface area contributed by atoms with Gasteiger partial charge in [0, 0.05) is 43.2 Å². The minimum Gasteiger partial charge on any atom is -0.361 e. The van der Waals surface area contributed by atoms with E-state index in [0.29, 0.717) is 6.42 Å². The third kappa shape index (κ3) is 5.35. The van der Waals surface area contributed by atoms with E-state index < -0.39 is 6.04 Å². The van der Waals surface area contributed by atoms with Gasteiger partial charge in [0.05, 0.1) is 6.54 Å². The Morgan fingerprint density at radius 2 is 1.72 bits per heavy atom. The maximum absolute atomic E-state index is 13.1. The van der Waals surface area contributed by atoms with Crippen LogP contribution in [0.4, 0.5) is 5.69 Å². The Hall–Kier alpha value is -3.61. The smallest absolute Gasteiger partial charge is 0.245 e. The molecule has 1 unspecified atom stereocenters. The number of likely N-dealkylation sites (N-methyl/N-ethyl adjacent to an activating group) is 1. The zero-order valence-corrected chi connectivity index (χ0v) is 19.2. The lowest BCUT2D eigenvalue weighted by Gasteiger charge is -2.24. The number of fused-ring (bicyclic) bond motifs is 1. The molecule has 32 heavy (non-hydrogen) atoms. The number of carbonyl (C=O) groups is 3. The molecule has 3 N–H and O–H groups in total. The SMILES string of the molecule is CC(=O)NC(Cc1c[nH]c2ccccc12)C(=O)N(C)CC(=O)Nc1c(C)cc(C)cc1C.